The first-order valence-corrected chi connectivity index (χ1v) is 7.21. The number of Topliss-reactive ketones (excluding diaryl/α,β-unsaturated/α-hetero) is 1. The summed E-state index contributed by atoms with van der Waals surface area (Å²) >= 11 is 0. The molecule has 0 heterocycles. The van der Waals surface area contributed by atoms with Crippen molar-refractivity contribution in [2.24, 2.45) is 16.7 Å². The maximum Gasteiger partial charge on any atom is 0.142 e. The summed E-state index contributed by atoms with van der Waals surface area (Å²) in [5.41, 5.74) is 1.07. The molecule has 0 N–H and O–H groups in total. The van der Waals surface area contributed by atoms with Gasteiger partial charge in [-0.25, -0.2) is 0 Å². The molecule has 2 atom stereocenters. The van der Waals surface area contributed by atoms with Crippen LogP contribution < -0.4 is 0 Å². The van der Waals surface area contributed by atoms with Crippen molar-refractivity contribution in [3.63, 3.8) is 0 Å². The Hall–Kier alpha value is -1.15. The maximum absolute atomic E-state index is 12.3. The van der Waals surface area contributed by atoms with Crippen molar-refractivity contribution >= 4 is 5.78 Å². The third-order valence-electron chi connectivity index (χ3n) is 5.60. The van der Waals surface area contributed by atoms with Crippen molar-refractivity contribution in [2.75, 3.05) is 6.61 Å². The van der Waals surface area contributed by atoms with Crippen LogP contribution in [0, 0.1) is 16.7 Å². The second kappa shape index (κ2) is 4.45. The van der Waals surface area contributed by atoms with Gasteiger partial charge in [0.2, 0.25) is 0 Å². The molecular weight excluding hydrogens is 236 g/mol. The van der Waals surface area contributed by atoms with Gasteiger partial charge in [-0.05, 0) is 29.7 Å². The molecule has 0 unspecified atom stereocenters. The quantitative estimate of drug-likeness (QED) is 0.825. The van der Waals surface area contributed by atoms with Gasteiger partial charge >= 0.3 is 0 Å². The van der Waals surface area contributed by atoms with Crippen LogP contribution in [0.15, 0.2) is 30.3 Å². The topological polar surface area (TPSA) is 26.3 Å². The molecule has 0 aromatic heterocycles. The average molecular weight is 258 g/mol. The summed E-state index contributed by atoms with van der Waals surface area (Å²) in [6, 6.07) is 10.2. The molecule has 2 aliphatic carbocycles. The lowest BCUT2D eigenvalue weighted by molar-refractivity contribution is -0.134. The van der Waals surface area contributed by atoms with Crippen LogP contribution in [0.2, 0.25) is 0 Å². The molecule has 1 aromatic rings. The summed E-state index contributed by atoms with van der Waals surface area (Å²) in [5, 5.41) is 0. The summed E-state index contributed by atoms with van der Waals surface area (Å²) < 4.78 is 5.91. The van der Waals surface area contributed by atoms with E-state index in [-0.39, 0.29) is 10.8 Å². The number of benzene rings is 1. The fraction of sp³-hybridized carbons (Fsp3) is 0.588. The van der Waals surface area contributed by atoms with E-state index in [2.05, 4.69) is 26.0 Å². The smallest absolute Gasteiger partial charge is 0.142 e. The van der Waals surface area contributed by atoms with Crippen molar-refractivity contribution in [1.82, 2.24) is 0 Å². The van der Waals surface area contributed by atoms with Gasteiger partial charge in [-0.1, -0.05) is 44.2 Å². The molecule has 2 bridgehead atoms. The average Bonchev–Trinajstić information content (AvgIpc) is 2.74. The van der Waals surface area contributed by atoms with Crippen molar-refractivity contribution in [3.05, 3.63) is 35.9 Å². The number of carbonyl (C=O) groups is 1. The van der Waals surface area contributed by atoms with Crippen LogP contribution in [-0.4, -0.2) is 12.4 Å². The molecule has 2 nitrogen and oxygen atoms in total. The maximum atomic E-state index is 12.3. The van der Waals surface area contributed by atoms with E-state index in [1.807, 2.05) is 18.2 Å². The van der Waals surface area contributed by atoms with E-state index >= 15 is 0 Å². The molecule has 0 aliphatic heterocycles. The van der Waals surface area contributed by atoms with Crippen molar-refractivity contribution in [1.29, 1.82) is 0 Å². The first-order valence-electron chi connectivity index (χ1n) is 7.21. The summed E-state index contributed by atoms with van der Waals surface area (Å²) in [4.78, 5) is 12.3. The zero-order valence-electron chi connectivity index (χ0n) is 11.8. The van der Waals surface area contributed by atoms with Gasteiger partial charge in [0.1, 0.15) is 5.78 Å². The second-order valence-corrected chi connectivity index (χ2v) is 6.65. The Bertz CT molecular complexity index is 477. The minimum atomic E-state index is -0.216. The number of ether oxygens (including phenoxy) is 1. The highest BCUT2D eigenvalue weighted by Crippen LogP contribution is 2.63. The van der Waals surface area contributed by atoms with Gasteiger partial charge in [0, 0.05) is 6.42 Å². The second-order valence-electron chi connectivity index (χ2n) is 6.65. The van der Waals surface area contributed by atoms with Crippen molar-refractivity contribution < 1.29 is 9.53 Å². The van der Waals surface area contributed by atoms with E-state index in [0.29, 0.717) is 24.9 Å². The van der Waals surface area contributed by atoms with Crippen molar-refractivity contribution in [2.45, 2.75) is 39.7 Å². The summed E-state index contributed by atoms with van der Waals surface area (Å²) in [5.74, 6) is 1.00. The number of hydrogen-bond acceptors (Lipinski definition) is 2. The van der Waals surface area contributed by atoms with E-state index in [9.17, 15) is 4.79 Å². The Balaban J connectivity index is 1.68. The Morgan fingerprint density at radius 2 is 2.00 bits per heavy atom. The van der Waals surface area contributed by atoms with Crippen LogP contribution in [0.5, 0.6) is 0 Å². The lowest BCUT2D eigenvalue weighted by Crippen LogP contribution is -2.40. The van der Waals surface area contributed by atoms with Crippen LogP contribution in [0.1, 0.15) is 38.7 Å². The number of hydrogen-bond donors (Lipinski definition) is 0. The number of fused-ring (bicyclic) bond motifs is 2. The Morgan fingerprint density at radius 1 is 1.26 bits per heavy atom. The zero-order chi connectivity index (χ0) is 13.5. The molecule has 2 aliphatic rings. The molecule has 0 amide bonds. The molecule has 0 radical (unpaired) electrons. The molecule has 2 saturated carbocycles. The third kappa shape index (κ3) is 1.85. The van der Waals surface area contributed by atoms with Gasteiger partial charge in [0.05, 0.1) is 18.6 Å². The van der Waals surface area contributed by atoms with Crippen LogP contribution in [0.25, 0.3) is 0 Å². The molecule has 102 valence electrons. The van der Waals surface area contributed by atoms with E-state index < -0.39 is 0 Å². The van der Waals surface area contributed by atoms with Crippen LogP contribution in [0.3, 0.4) is 0 Å². The van der Waals surface area contributed by atoms with E-state index in [4.69, 9.17) is 4.74 Å². The van der Waals surface area contributed by atoms with Gasteiger partial charge in [-0.3, -0.25) is 4.79 Å². The Labute approximate surface area is 115 Å². The molecule has 1 aromatic carbocycles. The van der Waals surface area contributed by atoms with Gasteiger partial charge in [-0.15, -0.1) is 0 Å². The fourth-order valence-electron chi connectivity index (χ4n) is 4.03. The predicted molar refractivity (Wildman–Crippen MR) is 74.7 cm³/mol. The summed E-state index contributed by atoms with van der Waals surface area (Å²) in [6.45, 7) is 5.70. The highest BCUT2D eigenvalue weighted by molar-refractivity contribution is 5.89. The zero-order valence-corrected chi connectivity index (χ0v) is 11.8. The minimum absolute atomic E-state index is 0.112. The molecule has 19 heavy (non-hydrogen) atoms. The lowest BCUT2D eigenvalue weighted by Gasteiger charge is -2.36. The van der Waals surface area contributed by atoms with E-state index in [0.717, 1.165) is 12.8 Å². The molecule has 2 heteroatoms. The van der Waals surface area contributed by atoms with Gasteiger partial charge < -0.3 is 4.74 Å². The lowest BCUT2D eigenvalue weighted by atomic mass is 9.69. The summed E-state index contributed by atoms with van der Waals surface area (Å²) in [6.07, 6.45) is 2.97. The molecule has 2 fully saturated rings. The van der Waals surface area contributed by atoms with Crippen molar-refractivity contribution in [3.8, 4) is 0 Å². The number of carbonyl (C=O) groups excluding carboxylic acids is 1. The largest absolute Gasteiger partial charge is 0.376 e. The predicted octanol–water partition coefficient (Wildman–Crippen LogP) is 3.60. The molecule has 3 rings (SSSR count). The monoisotopic (exact) mass is 258 g/mol. The first kappa shape index (κ1) is 12.9. The third-order valence-corrected chi connectivity index (χ3v) is 5.60. The Kier molecular flexibility index (Phi) is 3.01. The summed E-state index contributed by atoms with van der Waals surface area (Å²) in [7, 11) is 0. The van der Waals surface area contributed by atoms with Gasteiger partial charge in [-0.2, -0.15) is 0 Å². The molecule has 0 saturated heterocycles. The minimum Gasteiger partial charge on any atom is -0.376 e. The van der Waals surface area contributed by atoms with E-state index in [1.54, 1.807) is 0 Å². The van der Waals surface area contributed by atoms with Gasteiger partial charge in [0.25, 0.3) is 0 Å². The van der Waals surface area contributed by atoms with E-state index in [1.165, 1.54) is 12.0 Å². The molecule has 0 spiro atoms. The highest BCUT2D eigenvalue weighted by atomic mass is 16.5. The first-order chi connectivity index (χ1) is 9.06. The standard InChI is InChI=1S/C17H22O2/c1-16(2)14-8-9-17(16,15(18)10-14)12-19-11-13-6-4-3-5-7-13/h3-7,14H,8-12H2,1-2H3/t14-,17-/m1/s1. The van der Waals surface area contributed by atoms with Gasteiger partial charge in [0.15, 0.2) is 0 Å². The number of rotatable bonds is 4. The van der Waals surface area contributed by atoms with Crippen LogP contribution in [0.4, 0.5) is 0 Å². The molecular formula is C17H22O2. The van der Waals surface area contributed by atoms with Crippen LogP contribution in [-0.2, 0) is 16.1 Å². The SMILES string of the molecule is CC1(C)[C@@H]2CC[C@@]1(COCc1ccccc1)C(=O)C2. The number of ketones is 1. The Morgan fingerprint density at radius 3 is 2.58 bits per heavy atom. The van der Waals surface area contributed by atoms with Crippen LogP contribution >= 0.6 is 0 Å². The fourth-order valence-corrected chi connectivity index (χ4v) is 4.03. The normalized spacial score (nSPS) is 31.9. The highest BCUT2D eigenvalue weighted by Gasteiger charge is 2.64.